The van der Waals surface area contributed by atoms with Gasteiger partial charge in [0, 0.05) is 32.7 Å². The third-order valence-electron chi connectivity index (χ3n) is 3.85. The summed E-state index contributed by atoms with van der Waals surface area (Å²) in [4.78, 5) is 30.6. The second-order valence-corrected chi connectivity index (χ2v) is 5.73. The number of ether oxygens (including phenoxy) is 1. The van der Waals surface area contributed by atoms with Gasteiger partial charge in [-0.15, -0.1) is 0 Å². The van der Waals surface area contributed by atoms with Crippen LogP contribution in [-0.2, 0) is 4.74 Å². The molecule has 0 unspecified atom stereocenters. The fourth-order valence-electron chi connectivity index (χ4n) is 2.40. The van der Waals surface area contributed by atoms with Gasteiger partial charge in [-0.3, -0.25) is 14.5 Å². The lowest BCUT2D eigenvalue weighted by molar-refractivity contribution is 0.0383. The summed E-state index contributed by atoms with van der Waals surface area (Å²) in [5.74, 6) is -0.502. The molecule has 1 saturated heterocycles. The van der Waals surface area contributed by atoms with Crippen LogP contribution in [0.3, 0.4) is 0 Å². The average Bonchev–Trinajstić information content (AvgIpc) is 2.63. The highest BCUT2D eigenvalue weighted by atomic mass is 16.5. The van der Waals surface area contributed by atoms with E-state index < -0.39 is 0 Å². The van der Waals surface area contributed by atoms with Gasteiger partial charge >= 0.3 is 0 Å². The molecule has 0 bridgehead atoms. The van der Waals surface area contributed by atoms with Crippen molar-refractivity contribution in [3.63, 3.8) is 0 Å². The molecule has 0 atom stereocenters. The Balaban J connectivity index is 1.80. The Morgan fingerprint density at radius 3 is 2.38 bits per heavy atom. The van der Waals surface area contributed by atoms with Crippen LogP contribution in [0.4, 0.5) is 0 Å². The van der Waals surface area contributed by atoms with E-state index in [1.54, 1.807) is 18.2 Å². The van der Waals surface area contributed by atoms with Crippen molar-refractivity contribution in [2.75, 3.05) is 45.9 Å². The van der Waals surface area contributed by atoms with Crippen molar-refractivity contribution in [3.05, 3.63) is 29.6 Å². The van der Waals surface area contributed by atoms with E-state index in [4.69, 9.17) is 4.74 Å². The van der Waals surface area contributed by atoms with E-state index in [1.807, 2.05) is 0 Å². The van der Waals surface area contributed by atoms with E-state index in [-0.39, 0.29) is 23.2 Å². The van der Waals surface area contributed by atoms with Gasteiger partial charge in [-0.05, 0) is 18.6 Å². The molecule has 2 rings (SSSR count). The molecule has 2 N–H and O–H groups in total. The number of pyridine rings is 1. The van der Waals surface area contributed by atoms with E-state index in [9.17, 15) is 9.59 Å². The maximum atomic E-state index is 12.2. The Labute approximate surface area is 142 Å². The number of hydrogen-bond donors (Lipinski definition) is 2. The van der Waals surface area contributed by atoms with Crippen molar-refractivity contribution in [2.45, 2.75) is 19.8 Å². The van der Waals surface area contributed by atoms with Crippen molar-refractivity contribution in [1.82, 2.24) is 20.5 Å². The predicted octanol–water partition coefficient (Wildman–Crippen LogP) is 0.674. The third kappa shape index (κ3) is 5.90. The van der Waals surface area contributed by atoms with Crippen molar-refractivity contribution in [2.24, 2.45) is 0 Å². The van der Waals surface area contributed by atoms with E-state index in [1.165, 1.54) is 0 Å². The first-order chi connectivity index (χ1) is 11.7. The summed E-state index contributed by atoms with van der Waals surface area (Å²) in [6.45, 7) is 7.28. The number of morpholine rings is 1. The van der Waals surface area contributed by atoms with Crippen LogP contribution in [0.15, 0.2) is 18.2 Å². The molecule has 24 heavy (non-hydrogen) atoms. The number of hydrogen-bond acceptors (Lipinski definition) is 5. The maximum Gasteiger partial charge on any atom is 0.269 e. The van der Waals surface area contributed by atoms with E-state index >= 15 is 0 Å². The summed E-state index contributed by atoms with van der Waals surface area (Å²) in [6, 6.07) is 4.91. The third-order valence-corrected chi connectivity index (χ3v) is 3.85. The largest absolute Gasteiger partial charge is 0.379 e. The van der Waals surface area contributed by atoms with E-state index in [2.05, 4.69) is 27.4 Å². The highest BCUT2D eigenvalue weighted by molar-refractivity contribution is 5.96. The normalized spacial score (nSPS) is 15.0. The standard InChI is InChI=1S/C17H26N4O3/c1-2-3-7-18-16(22)14-5-4-6-15(20-14)17(23)19-8-9-21-10-12-24-13-11-21/h4-6H,2-3,7-13H2,1H3,(H,18,22)(H,19,23). The minimum atomic E-state index is -0.258. The summed E-state index contributed by atoms with van der Waals surface area (Å²) >= 11 is 0. The molecule has 7 nitrogen and oxygen atoms in total. The van der Waals surface area contributed by atoms with Crippen LogP contribution in [0.5, 0.6) is 0 Å². The second-order valence-electron chi connectivity index (χ2n) is 5.73. The predicted molar refractivity (Wildman–Crippen MR) is 91.1 cm³/mol. The molecule has 132 valence electrons. The molecule has 1 aromatic heterocycles. The summed E-state index contributed by atoms with van der Waals surface area (Å²) in [5, 5.41) is 5.65. The van der Waals surface area contributed by atoms with Crippen molar-refractivity contribution >= 4 is 11.8 Å². The van der Waals surface area contributed by atoms with Crippen molar-refractivity contribution in [3.8, 4) is 0 Å². The molecule has 1 aromatic rings. The summed E-state index contributed by atoms with van der Waals surface area (Å²) < 4.78 is 5.29. The zero-order valence-electron chi connectivity index (χ0n) is 14.2. The second kappa shape index (κ2) is 10.00. The number of amides is 2. The Hall–Kier alpha value is -1.99. The zero-order valence-corrected chi connectivity index (χ0v) is 14.2. The average molecular weight is 334 g/mol. The Bertz CT molecular complexity index is 544. The smallest absolute Gasteiger partial charge is 0.269 e. The fourth-order valence-corrected chi connectivity index (χ4v) is 2.40. The SMILES string of the molecule is CCCCNC(=O)c1cccc(C(=O)NCCN2CCOCC2)n1. The molecule has 1 fully saturated rings. The van der Waals surface area contributed by atoms with Crippen molar-refractivity contribution < 1.29 is 14.3 Å². The minimum Gasteiger partial charge on any atom is -0.379 e. The molecule has 0 radical (unpaired) electrons. The van der Waals surface area contributed by atoms with Crippen LogP contribution >= 0.6 is 0 Å². The van der Waals surface area contributed by atoms with Crippen LogP contribution in [0.2, 0.25) is 0 Å². The van der Waals surface area contributed by atoms with Gasteiger partial charge < -0.3 is 15.4 Å². The lowest BCUT2D eigenvalue weighted by Crippen LogP contribution is -2.41. The Morgan fingerprint density at radius 2 is 1.75 bits per heavy atom. The minimum absolute atomic E-state index is 0.244. The fraction of sp³-hybridized carbons (Fsp3) is 0.588. The van der Waals surface area contributed by atoms with Gasteiger partial charge in [0.15, 0.2) is 0 Å². The molecule has 0 aliphatic carbocycles. The summed E-state index contributed by atoms with van der Waals surface area (Å²) in [5.41, 5.74) is 0.534. The number of nitrogens with zero attached hydrogens (tertiary/aromatic N) is 2. The highest BCUT2D eigenvalue weighted by Gasteiger charge is 2.13. The van der Waals surface area contributed by atoms with Gasteiger partial charge in [-0.25, -0.2) is 4.98 Å². The van der Waals surface area contributed by atoms with Crippen LogP contribution < -0.4 is 10.6 Å². The van der Waals surface area contributed by atoms with Gasteiger partial charge in [0.25, 0.3) is 11.8 Å². The lowest BCUT2D eigenvalue weighted by atomic mass is 10.2. The molecule has 0 saturated carbocycles. The molecular weight excluding hydrogens is 308 g/mol. The van der Waals surface area contributed by atoms with Gasteiger partial charge in [-0.1, -0.05) is 19.4 Å². The van der Waals surface area contributed by atoms with Crippen LogP contribution in [0, 0.1) is 0 Å². The molecule has 7 heteroatoms. The number of carbonyl (C=O) groups excluding carboxylic acids is 2. The quantitative estimate of drug-likeness (QED) is 0.683. The van der Waals surface area contributed by atoms with Gasteiger partial charge in [0.1, 0.15) is 11.4 Å². The molecule has 0 aromatic carbocycles. The molecule has 2 amide bonds. The van der Waals surface area contributed by atoms with Gasteiger partial charge in [-0.2, -0.15) is 0 Å². The number of carbonyl (C=O) groups is 2. The summed E-state index contributed by atoms with van der Waals surface area (Å²) in [6.07, 6.45) is 1.94. The van der Waals surface area contributed by atoms with Gasteiger partial charge in [0.2, 0.25) is 0 Å². The Morgan fingerprint density at radius 1 is 1.12 bits per heavy atom. The maximum absolute atomic E-state index is 12.2. The first-order valence-corrected chi connectivity index (χ1v) is 8.54. The summed E-state index contributed by atoms with van der Waals surface area (Å²) in [7, 11) is 0. The van der Waals surface area contributed by atoms with Crippen LogP contribution in [-0.4, -0.2) is 67.6 Å². The topological polar surface area (TPSA) is 83.6 Å². The number of unbranched alkanes of at least 4 members (excludes halogenated alkanes) is 1. The highest BCUT2D eigenvalue weighted by Crippen LogP contribution is 2.01. The number of nitrogens with one attached hydrogen (secondary N) is 2. The van der Waals surface area contributed by atoms with Crippen molar-refractivity contribution in [1.29, 1.82) is 0 Å². The Kier molecular flexibility index (Phi) is 7.64. The lowest BCUT2D eigenvalue weighted by Gasteiger charge is -2.26. The van der Waals surface area contributed by atoms with Crippen LogP contribution in [0.1, 0.15) is 40.7 Å². The first kappa shape index (κ1) is 18.4. The van der Waals surface area contributed by atoms with Gasteiger partial charge in [0.05, 0.1) is 13.2 Å². The molecule has 1 aliphatic heterocycles. The molecule has 0 spiro atoms. The van der Waals surface area contributed by atoms with E-state index in [0.717, 1.165) is 45.7 Å². The zero-order chi connectivity index (χ0) is 17.2. The molecule has 2 heterocycles. The molecular formula is C17H26N4O3. The first-order valence-electron chi connectivity index (χ1n) is 8.54. The van der Waals surface area contributed by atoms with Crippen LogP contribution in [0.25, 0.3) is 0 Å². The van der Waals surface area contributed by atoms with E-state index in [0.29, 0.717) is 13.1 Å². The number of rotatable bonds is 8. The number of aromatic nitrogens is 1. The monoisotopic (exact) mass is 334 g/mol. The molecule has 1 aliphatic rings.